The number of carbonyl (C=O) groups is 1. The summed E-state index contributed by atoms with van der Waals surface area (Å²) in [5, 5.41) is 2.77. The van der Waals surface area contributed by atoms with Gasteiger partial charge in [0.15, 0.2) is 0 Å². The van der Waals surface area contributed by atoms with Crippen molar-refractivity contribution in [2.24, 2.45) is 11.7 Å². The molecule has 0 saturated heterocycles. The minimum atomic E-state index is -0.464. The first-order valence-corrected chi connectivity index (χ1v) is 5.62. The number of halogens is 2. The van der Waals surface area contributed by atoms with Crippen molar-refractivity contribution in [1.82, 2.24) is 0 Å². The monoisotopic (exact) mass is 306 g/mol. The Morgan fingerprint density at radius 3 is 2.25 bits per heavy atom. The summed E-state index contributed by atoms with van der Waals surface area (Å²) in [6.07, 6.45) is 0. The van der Waals surface area contributed by atoms with Gasteiger partial charge in [-0.3, -0.25) is 4.79 Å². The van der Waals surface area contributed by atoms with Crippen LogP contribution >= 0.6 is 28.3 Å². The normalized spacial score (nSPS) is 11.8. The molecule has 0 bridgehead atoms. The maximum absolute atomic E-state index is 11.6. The zero-order valence-electron chi connectivity index (χ0n) is 9.24. The first-order chi connectivity index (χ1) is 7.00. The number of hydrogen-bond acceptors (Lipinski definition) is 2. The van der Waals surface area contributed by atoms with Crippen molar-refractivity contribution >= 4 is 39.9 Å². The third kappa shape index (κ3) is 4.51. The first-order valence-electron chi connectivity index (χ1n) is 4.82. The molecule has 1 unspecified atom stereocenters. The van der Waals surface area contributed by atoms with Gasteiger partial charge in [-0.2, -0.15) is 0 Å². The topological polar surface area (TPSA) is 55.1 Å². The maximum Gasteiger partial charge on any atom is 0.241 e. The molecular weight excluding hydrogens is 291 g/mol. The van der Waals surface area contributed by atoms with Gasteiger partial charge in [-0.05, 0) is 30.2 Å². The van der Waals surface area contributed by atoms with Crippen LogP contribution in [0.4, 0.5) is 5.69 Å². The molecular formula is C11H16BrClN2O. The highest BCUT2D eigenvalue weighted by molar-refractivity contribution is 9.10. The largest absolute Gasteiger partial charge is 0.325 e. The standard InChI is InChI=1S/C11H15BrN2O.ClH/c1-7(2)10(13)11(15)14-9-5-3-8(12)4-6-9;/h3-7,10H,13H2,1-2H3,(H,14,15);1H. The fourth-order valence-corrected chi connectivity index (χ4v) is 1.33. The minimum Gasteiger partial charge on any atom is -0.325 e. The van der Waals surface area contributed by atoms with Crippen LogP contribution in [0, 0.1) is 5.92 Å². The SMILES string of the molecule is CC(C)C(N)C(=O)Nc1ccc(Br)cc1.Cl. The molecule has 1 atom stereocenters. The first kappa shape index (κ1) is 15.4. The highest BCUT2D eigenvalue weighted by atomic mass is 79.9. The Balaban J connectivity index is 0.00000225. The van der Waals surface area contributed by atoms with E-state index in [1.165, 1.54) is 0 Å². The molecule has 16 heavy (non-hydrogen) atoms. The van der Waals surface area contributed by atoms with E-state index in [1.54, 1.807) is 0 Å². The van der Waals surface area contributed by atoms with Crippen molar-refractivity contribution in [3.05, 3.63) is 28.7 Å². The smallest absolute Gasteiger partial charge is 0.241 e. The molecule has 1 aromatic rings. The maximum atomic E-state index is 11.6. The van der Waals surface area contributed by atoms with Crippen molar-refractivity contribution in [1.29, 1.82) is 0 Å². The molecule has 3 nitrogen and oxygen atoms in total. The van der Waals surface area contributed by atoms with E-state index in [2.05, 4.69) is 21.2 Å². The van der Waals surface area contributed by atoms with E-state index in [0.717, 1.165) is 10.2 Å². The lowest BCUT2D eigenvalue weighted by molar-refractivity contribution is -0.118. The van der Waals surface area contributed by atoms with Gasteiger partial charge in [0.25, 0.3) is 0 Å². The Labute approximate surface area is 110 Å². The molecule has 0 heterocycles. The van der Waals surface area contributed by atoms with Crippen LogP contribution in [0.3, 0.4) is 0 Å². The van der Waals surface area contributed by atoms with Crippen molar-refractivity contribution in [3.8, 4) is 0 Å². The Morgan fingerprint density at radius 1 is 1.31 bits per heavy atom. The van der Waals surface area contributed by atoms with Crippen LogP contribution in [0.25, 0.3) is 0 Å². The number of amides is 1. The summed E-state index contributed by atoms with van der Waals surface area (Å²) in [5.41, 5.74) is 6.48. The summed E-state index contributed by atoms with van der Waals surface area (Å²) in [6, 6.07) is 6.94. The molecule has 0 aliphatic rings. The second-order valence-corrected chi connectivity index (χ2v) is 4.68. The average molecular weight is 308 g/mol. The Bertz CT molecular complexity index is 340. The molecule has 3 N–H and O–H groups in total. The van der Waals surface area contributed by atoms with Gasteiger partial charge >= 0.3 is 0 Å². The molecule has 1 aromatic carbocycles. The van der Waals surface area contributed by atoms with Crippen molar-refractivity contribution in [2.75, 3.05) is 5.32 Å². The number of carbonyl (C=O) groups excluding carboxylic acids is 1. The highest BCUT2D eigenvalue weighted by Gasteiger charge is 2.16. The quantitative estimate of drug-likeness (QED) is 0.902. The van der Waals surface area contributed by atoms with E-state index in [4.69, 9.17) is 5.73 Å². The molecule has 0 radical (unpaired) electrons. The molecule has 0 spiro atoms. The fraction of sp³-hybridized carbons (Fsp3) is 0.364. The predicted octanol–water partition coefficient (Wildman–Crippen LogP) is 2.79. The number of benzene rings is 1. The van der Waals surface area contributed by atoms with Crippen molar-refractivity contribution < 1.29 is 4.79 Å². The van der Waals surface area contributed by atoms with Gasteiger partial charge in [0.2, 0.25) is 5.91 Å². The Hall–Kier alpha value is -0.580. The van der Waals surface area contributed by atoms with E-state index in [-0.39, 0.29) is 24.2 Å². The lowest BCUT2D eigenvalue weighted by Gasteiger charge is -2.15. The van der Waals surface area contributed by atoms with Gasteiger partial charge in [-0.15, -0.1) is 12.4 Å². The molecule has 5 heteroatoms. The summed E-state index contributed by atoms with van der Waals surface area (Å²) in [6.45, 7) is 3.84. The van der Waals surface area contributed by atoms with Gasteiger partial charge in [0.1, 0.15) is 0 Å². The van der Waals surface area contributed by atoms with E-state index < -0.39 is 6.04 Å². The average Bonchev–Trinajstić information content (AvgIpc) is 2.20. The summed E-state index contributed by atoms with van der Waals surface area (Å²) < 4.78 is 0.980. The van der Waals surface area contributed by atoms with E-state index in [9.17, 15) is 4.79 Å². The number of nitrogens with two attached hydrogens (primary N) is 1. The Kier molecular flexibility index (Phi) is 6.64. The zero-order valence-corrected chi connectivity index (χ0v) is 11.6. The second-order valence-electron chi connectivity index (χ2n) is 3.77. The van der Waals surface area contributed by atoms with Gasteiger partial charge in [0, 0.05) is 10.2 Å². The molecule has 90 valence electrons. The summed E-state index contributed by atoms with van der Waals surface area (Å²) in [7, 11) is 0. The van der Waals surface area contributed by atoms with Crippen LogP contribution < -0.4 is 11.1 Å². The van der Waals surface area contributed by atoms with Crippen LogP contribution in [-0.4, -0.2) is 11.9 Å². The molecule has 0 aliphatic carbocycles. The summed E-state index contributed by atoms with van der Waals surface area (Å²) >= 11 is 3.33. The van der Waals surface area contributed by atoms with Crippen LogP contribution in [0.2, 0.25) is 0 Å². The molecule has 0 aromatic heterocycles. The van der Waals surface area contributed by atoms with Crippen LogP contribution in [-0.2, 0) is 4.79 Å². The minimum absolute atomic E-state index is 0. The number of hydrogen-bond donors (Lipinski definition) is 2. The summed E-state index contributed by atoms with van der Waals surface area (Å²) in [5.74, 6) is -0.00669. The number of nitrogens with one attached hydrogen (secondary N) is 1. The number of anilines is 1. The third-order valence-electron chi connectivity index (χ3n) is 2.13. The van der Waals surface area contributed by atoms with E-state index in [1.807, 2.05) is 38.1 Å². The van der Waals surface area contributed by atoms with Crippen LogP contribution in [0.1, 0.15) is 13.8 Å². The third-order valence-corrected chi connectivity index (χ3v) is 2.66. The van der Waals surface area contributed by atoms with E-state index >= 15 is 0 Å². The fourth-order valence-electron chi connectivity index (χ4n) is 1.06. The lowest BCUT2D eigenvalue weighted by Crippen LogP contribution is -2.39. The molecule has 0 saturated carbocycles. The predicted molar refractivity (Wildman–Crippen MR) is 72.8 cm³/mol. The second kappa shape index (κ2) is 6.89. The Morgan fingerprint density at radius 2 is 1.81 bits per heavy atom. The van der Waals surface area contributed by atoms with Gasteiger partial charge < -0.3 is 11.1 Å². The van der Waals surface area contributed by atoms with Crippen molar-refractivity contribution in [2.45, 2.75) is 19.9 Å². The van der Waals surface area contributed by atoms with Crippen LogP contribution in [0.5, 0.6) is 0 Å². The summed E-state index contributed by atoms with van der Waals surface area (Å²) in [4.78, 5) is 11.6. The van der Waals surface area contributed by atoms with Crippen LogP contribution in [0.15, 0.2) is 28.7 Å². The highest BCUT2D eigenvalue weighted by Crippen LogP contribution is 2.14. The molecule has 1 amide bonds. The van der Waals surface area contributed by atoms with E-state index in [0.29, 0.717) is 0 Å². The lowest BCUT2D eigenvalue weighted by atomic mass is 10.1. The van der Waals surface area contributed by atoms with Crippen molar-refractivity contribution in [3.63, 3.8) is 0 Å². The zero-order chi connectivity index (χ0) is 11.4. The number of rotatable bonds is 3. The molecule has 0 fully saturated rings. The van der Waals surface area contributed by atoms with Gasteiger partial charge in [0.05, 0.1) is 6.04 Å². The van der Waals surface area contributed by atoms with Gasteiger partial charge in [-0.1, -0.05) is 29.8 Å². The van der Waals surface area contributed by atoms with Gasteiger partial charge in [-0.25, -0.2) is 0 Å². The molecule has 0 aliphatic heterocycles. The molecule has 1 rings (SSSR count).